The molecule has 0 bridgehead atoms. The average molecular weight is 291 g/mol. The third kappa shape index (κ3) is 3.82. The van der Waals surface area contributed by atoms with E-state index < -0.39 is 0 Å². The van der Waals surface area contributed by atoms with Gasteiger partial charge >= 0.3 is 0 Å². The van der Waals surface area contributed by atoms with Crippen molar-refractivity contribution in [1.82, 2.24) is 10.4 Å². The molecule has 0 radical (unpaired) electrons. The van der Waals surface area contributed by atoms with Gasteiger partial charge in [-0.1, -0.05) is 19.9 Å². The van der Waals surface area contributed by atoms with E-state index in [4.69, 9.17) is 10.6 Å². The zero-order chi connectivity index (χ0) is 15.3. The Bertz CT molecular complexity index is 424. The second-order valence-corrected chi connectivity index (χ2v) is 6.39. The lowest BCUT2D eigenvalue weighted by atomic mass is 9.74. The lowest BCUT2D eigenvalue weighted by molar-refractivity contribution is -0.0748. The fraction of sp³-hybridized carbons (Fsp3) is 0.706. The molecule has 1 unspecified atom stereocenters. The highest BCUT2D eigenvalue weighted by molar-refractivity contribution is 5.15. The molecule has 21 heavy (non-hydrogen) atoms. The SMILES string of the molecule is CCc1ccc(CC(NN)C2(OC)CCC(C)CC2)nc1. The Balaban J connectivity index is 2.09. The molecule has 1 atom stereocenters. The van der Waals surface area contributed by atoms with Crippen molar-refractivity contribution in [1.29, 1.82) is 0 Å². The minimum atomic E-state index is -0.160. The van der Waals surface area contributed by atoms with Crippen LogP contribution < -0.4 is 11.3 Å². The largest absolute Gasteiger partial charge is 0.377 e. The summed E-state index contributed by atoms with van der Waals surface area (Å²) >= 11 is 0. The van der Waals surface area contributed by atoms with Crippen molar-refractivity contribution in [2.24, 2.45) is 11.8 Å². The lowest BCUT2D eigenvalue weighted by Crippen LogP contribution is -2.57. The van der Waals surface area contributed by atoms with Crippen molar-refractivity contribution in [3.63, 3.8) is 0 Å². The van der Waals surface area contributed by atoms with Crippen molar-refractivity contribution in [3.05, 3.63) is 29.6 Å². The molecular weight excluding hydrogens is 262 g/mol. The molecule has 1 fully saturated rings. The van der Waals surface area contributed by atoms with E-state index in [9.17, 15) is 0 Å². The molecule has 0 amide bonds. The first kappa shape index (κ1) is 16.4. The van der Waals surface area contributed by atoms with Crippen LogP contribution in [0.3, 0.4) is 0 Å². The van der Waals surface area contributed by atoms with Crippen LogP contribution in [0.4, 0.5) is 0 Å². The standard InChI is InChI=1S/C17H29N3O/c1-4-14-5-6-15(19-12-14)11-16(20-18)17(21-3)9-7-13(2)8-10-17/h5-6,12-13,16,20H,4,7-11,18H2,1-3H3. The molecule has 1 aliphatic rings. The predicted octanol–water partition coefficient (Wildman–Crippen LogP) is 2.61. The van der Waals surface area contributed by atoms with E-state index in [1.54, 1.807) is 0 Å². The van der Waals surface area contributed by atoms with E-state index >= 15 is 0 Å². The van der Waals surface area contributed by atoms with Gasteiger partial charge in [0, 0.05) is 25.4 Å². The first-order valence-electron chi connectivity index (χ1n) is 8.08. The monoisotopic (exact) mass is 291 g/mol. The Morgan fingerprint density at radius 3 is 2.62 bits per heavy atom. The average Bonchev–Trinajstić information content (AvgIpc) is 2.54. The summed E-state index contributed by atoms with van der Waals surface area (Å²) in [5.41, 5.74) is 5.17. The van der Waals surface area contributed by atoms with Gasteiger partial charge in [0.15, 0.2) is 0 Å². The van der Waals surface area contributed by atoms with Gasteiger partial charge in [0.2, 0.25) is 0 Å². The summed E-state index contributed by atoms with van der Waals surface area (Å²) in [4.78, 5) is 4.56. The molecule has 1 aromatic heterocycles. The van der Waals surface area contributed by atoms with Crippen LogP contribution in [0, 0.1) is 5.92 Å². The van der Waals surface area contributed by atoms with Crippen molar-refractivity contribution in [2.75, 3.05) is 7.11 Å². The number of hydrogen-bond donors (Lipinski definition) is 2. The van der Waals surface area contributed by atoms with Gasteiger partial charge in [0.25, 0.3) is 0 Å². The van der Waals surface area contributed by atoms with Crippen LogP contribution in [0.25, 0.3) is 0 Å². The van der Waals surface area contributed by atoms with Crippen LogP contribution >= 0.6 is 0 Å². The maximum atomic E-state index is 5.93. The summed E-state index contributed by atoms with van der Waals surface area (Å²) < 4.78 is 5.93. The normalized spacial score (nSPS) is 27.5. The number of pyridine rings is 1. The molecule has 0 aliphatic heterocycles. The fourth-order valence-corrected chi connectivity index (χ4v) is 3.34. The summed E-state index contributed by atoms with van der Waals surface area (Å²) in [5, 5.41) is 0. The number of hydrazine groups is 1. The first-order valence-corrected chi connectivity index (χ1v) is 8.08. The van der Waals surface area contributed by atoms with E-state index in [0.29, 0.717) is 0 Å². The van der Waals surface area contributed by atoms with Crippen molar-refractivity contribution < 1.29 is 4.74 Å². The van der Waals surface area contributed by atoms with Gasteiger partial charge in [0.05, 0.1) is 11.6 Å². The van der Waals surface area contributed by atoms with E-state index in [1.807, 2.05) is 13.3 Å². The van der Waals surface area contributed by atoms with Crippen LogP contribution in [-0.4, -0.2) is 23.7 Å². The summed E-state index contributed by atoms with van der Waals surface area (Å²) in [7, 11) is 1.81. The molecule has 0 saturated heterocycles. The zero-order valence-corrected chi connectivity index (χ0v) is 13.6. The Morgan fingerprint density at radius 2 is 2.14 bits per heavy atom. The molecule has 1 aromatic rings. The molecular formula is C17H29N3O. The minimum Gasteiger partial charge on any atom is -0.377 e. The maximum absolute atomic E-state index is 5.93. The van der Waals surface area contributed by atoms with E-state index in [0.717, 1.165) is 37.3 Å². The molecule has 0 aromatic carbocycles. The molecule has 3 N–H and O–H groups in total. The molecule has 1 saturated carbocycles. The first-order chi connectivity index (χ1) is 10.1. The number of rotatable bonds is 6. The lowest BCUT2D eigenvalue weighted by Gasteiger charge is -2.43. The van der Waals surface area contributed by atoms with Crippen molar-refractivity contribution in [3.8, 4) is 0 Å². The van der Waals surface area contributed by atoms with Gasteiger partial charge in [-0.25, -0.2) is 0 Å². The molecule has 1 heterocycles. The summed E-state index contributed by atoms with van der Waals surface area (Å²) in [6.07, 6.45) is 8.32. The Morgan fingerprint density at radius 1 is 1.43 bits per heavy atom. The fourth-order valence-electron chi connectivity index (χ4n) is 3.34. The van der Waals surface area contributed by atoms with Crippen LogP contribution in [0.2, 0.25) is 0 Å². The number of nitrogens with two attached hydrogens (primary N) is 1. The minimum absolute atomic E-state index is 0.106. The van der Waals surface area contributed by atoms with E-state index in [1.165, 1.54) is 18.4 Å². The second-order valence-electron chi connectivity index (χ2n) is 6.39. The molecule has 4 heteroatoms. The van der Waals surface area contributed by atoms with Gasteiger partial charge in [-0.3, -0.25) is 16.3 Å². The van der Waals surface area contributed by atoms with Crippen LogP contribution in [0.1, 0.15) is 50.8 Å². The zero-order valence-electron chi connectivity index (χ0n) is 13.6. The van der Waals surface area contributed by atoms with Crippen LogP contribution in [0.5, 0.6) is 0 Å². The van der Waals surface area contributed by atoms with Crippen LogP contribution in [0.15, 0.2) is 18.3 Å². The highest BCUT2D eigenvalue weighted by Crippen LogP contribution is 2.37. The highest BCUT2D eigenvalue weighted by atomic mass is 16.5. The maximum Gasteiger partial charge on any atom is 0.0848 e. The predicted molar refractivity (Wildman–Crippen MR) is 85.8 cm³/mol. The summed E-state index contributed by atoms with van der Waals surface area (Å²) in [6.45, 7) is 4.46. The van der Waals surface area contributed by atoms with Gasteiger partial charge in [-0.2, -0.15) is 0 Å². The van der Waals surface area contributed by atoms with Crippen molar-refractivity contribution in [2.45, 2.75) is 64.0 Å². The van der Waals surface area contributed by atoms with Crippen molar-refractivity contribution >= 4 is 0 Å². The third-order valence-electron chi connectivity index (χ3n) is 5.07. The van der Waals surface area contributed by atoms with Gasteiger partial charge in [0.1, 0.15) is 0 Å². The molecule has 4 nitrogen and oxygen atoms in total. The molecule has 118 valence electrons. The van der Waals surface area contributed by atoms with Gasteiger partial charge in [-0.15, -0.1) is 0 Å². The number of methoxy groups -OCH3 is 1. The number of hydrogen-bond acceptors (Lipinski definition) is 4. The number of nitrogens with one attached hydrogen (secondary N) is 1. The quantitative estimate of drug-likeness (QED) is 0.625. The van der Waals surface area contributed by atoms with E-state index in [2.05, 4.69) is 36.4 Å². The second kappa shape index (κ2) is 7.34. The Hall–Kier alpha value is -0.970. The Kier molecular flexibility index (Phi) is 5.73. The van der Waals surface area contributed by atoms with Gasteiger partial charge < -0.3 is 4.74 Å². The number of ether oxygens (including phenoxy) is 1. The molecule has 0 spiro atoms. The molecule has 2 rings (SSSR count). The highest BCUT2D eigenvalue weighted by Gasteiger charge is 2.41. The number of nitrogens with zero attached hydrogens (tertiary/aromatic N) is 1. The smallest absolute Gasteiger partial charge is 0.0848 e. The summed E-state index contributed by atoms with van der Waals surface area (Å²) in [5.74, 6) is 6.63. The molecule has 1 aliphatic carbocycles. The summed E-state index contributed by atoms with van der Waals surface area (Å²) in [6, 6.07) is 4.37. The van der Waals surface area contributed by atoms with Crippen LogP contribution in [-0.2, 0) is 17.6 Å². The number of aromatic nitrogens is 1. The van der Waals surface area contributed by atoms with Gasteiger partial charge in [-0.05, 0) is 49.7 Å². The topological polar surface area (TPSA) is 60.2 Å². The third-order valence-corrected chi connectivity index (χ3v) is 5.07. The Labute approximate surface area is 128 Å². The number of aryl methyl sites for hydroxylation is 1. The van der Waals surface area contributed by atoms with E-state index in [-0.39, 0.29) is 11.6 Å².